The van der Waals surface area contributed by atoms with Crippen LogP contribution in [0.15, 0.2) is 16.8 Å². The Hall–Kier alpha value is -2.34. The molecule has 44 heavy (non-hydrogen) atoms. The van der Waals surface area contributed by atoms with Crippen molar-refractivity contribution >= 4 is 29.3 Å². The molecule has 1 atom stereocenters. The number of carbonyl (C=O) groups is 3. The minimum atomic E-state index is -5.08. The predicted octanol–water partition coefficient (Wildman–Crippen LogP) is 7.05. The molecule has 0 aromatic carbocycles. The lowest BCUT2D eigenvalue weighted by atomic mass is 9.74. The fourth-order valence-electron chi connectivity index (χ4n) is 7.48. The smallest absolute Gasteiger partial charge is 0.475 e. The lowest BCUT2D eigenvalue weighted by Crippen LogP contribution is -2.63. The van der Waals surface area contributed by atoms with E-state index in [4.69, 9.17) is 14.6 Å². The van der Waals surface area contributed by atoms with E-state index >= 15 is 0 Å². The van der Waals surface area contributed by atoms with Crippen molar-refractivity contribution in [1.29, 1.82) is 0 Å². The standard InChI is InChI=1S/C30H47N3O3S.C2HF3O2/c1-3-4-10-26-22-32(21-24-8-6-5-7-9-24)28(35)36-30(26)14-18-33(19-15-30)29(2)12-16-31(17-13-29)27(34)25-11-20-37-23-25;3-2(4,5)1(6)7/h11,20,23-24,26H,3-10,12-19,21-22H2,1-2H3;(H,6,7). The van der Waals surface area contributed by atoms with Crippen LogP contribution in [0.5, 0.6) is 0 Å². The van der Waals surface area contributed by atoms with E-state index in [0.717, 1.165) is 76.9 Å². The lowest BCUT2D eigenvalue weighted by Gasteiger charge is -2.55. The third kappa shape index (κ3) is 8.47. The number of carboxylic acids is 1. The van der Waals surface area contributed by atoms with Crippen molar-refractivity contribution in [3.63, 3.8) is 0 Å². The third-order valence-electron chi connectivity index (χ3n) is 10.4. The van der Waals surface area contributed by atoms with Gasteiger partial charge in [0.1, 0.15) is 5.60 Å². The number of carbonyl (C=O) groups excluding carboxylic acids is 2. The second kappa shape index (κ2) is 14.8. The summed E-state index contributed by atoms with van der Waals surface area (Å²) in [5, 5.41) is 11.1. The van der Waals surface area contributed by atoms with E-state index in [9.17, 15) is 22.8 Å². The molecule has 1 aromatic rings. The van der Waals surface area contributed by atoms with Crippen LogP contribution in [-0.2, 0) is 9.53 Å². The Kier molecular flexibility index (Phi) is 11.6. The highest BCUT2D eigenvalue weighted by Crippen LogP contribution is 2.43. The molecule has 5 rings (SSSR count). The first-order chi connectivity index (χ1) is 20.9. The van der Waals surface area contributed by atoms with Crippen LogP contribution in [0.2, 0.25) is 0 Å². The number of nitrogens with zero attached hydrogens (tertiary/aromatic N) is 3. The zero-order valence-corrected chi connectivity index (χ0v) is 26.9. The maximum absolute atomic E-state index is 13.3. The van der Waals surface area contributed by atoms with E-state index in [2.05, 4.69) is 23.6 Å². The number of likely N-dealkylation sites (tertiary alicyclic amines) is 2. The number of rotatable bonds is 7. The molecular weight excluding hydrogens is 595 g/mol. The number of amides is 2. The molecule has 248 valence electrons. The van der Waals surface area contributed by atoms with Crippen LogP contribution in [0.1, 0.15) is 101 Å². The molecule has 1 aromatic heterocycles. The van der Waals surface area contributed by atoms with Crippen LogP contribution in [0.25, 0.3) is 0 Å². The summed E-state index contributed by atoms with van der Waals surface area (Å²) in [5.41, 5.74) is 0.637. The summed E-state index contributed by atoms with van der Waals surface area (Å²) < 4.78 is 38.2. The fraction of sp³-hybridized carbons (Fsp3) is 0.781. The number of hydrogen-bond donors (Lipinski definition) is 1. The fourth-order valence-corrected chi connectivity index (χ4v) is 8.11. The van der Waals surface area contributed by atoms with Crippen molar-refractivity contribution in [3.8, 4) is 0 Å². The van der Waals surface area contributed by atoms with Crippen molar-refractivity contribution in [2.75, 3.05) is 39.3 Å². The number of carboxylic acid groups (broad SMARTS) is 1. The average Bonchev–Trinajstić information content (AvgIpc) is 3.54. The summed E-state index contributed by atoms with van der Waals surface area (Å²) in [7, 11) is 0. The van der Waals surface area contributed by atoms with E-state index in [0.29, 0.717) is 11.8 Å². The van der Waals surface area contributed by atoms with Crippen LogP contribution in [0, 0.1) is 11.8 Å². The molecular formula is C32H48F3N3O5S. The molecule has 0 radical (unpaired) electrons. The molecule has 1 unspecified atom stereocenters. The van der Waals surface area contributed by atoms with Gasteiger partial charge in [-0.3, -0.25) is 9.69 Å². The highest BCUT2D eigenvalue weighted by Gasteiger charge is 2.51. The molecule has 12 heteroatoms. The number of thiophene rings is 1. The number of unbranched alkanes of at least 4 members (excludes halogenated alkanes) is 1. The van der Waals surface area contributed by atoms with Gasteiger partial charge in [-0.25, -0.2) is 9.59 Å². The summed E-state index contributed by atoms with van der Waals surface area (Å²) in [5.74, 6) is -1.49. The molecule has 0 bridgehead atoms. The SMILES string of the molecule is CCCCC1CN(CC2CCCCC2)C(=O)OC12CCN(C1(C)CCN(C(=O)c3ccsc3)CC1)CC2.O=C(O)C(F)(F)F. The van der Waals surface area contributed by atoms with Gasteiger partial charge in [-0.05, 0) is 56.4 Å². The van der Waals surface area contributed by atoms with Crippen molar-refractivity contribution in [2.24, 2.45) is 11.8 Å². The first kappa shape index (κ1) is 34.5. The van der Waals surface area contributed by atoms with E-state index in [-0.39, 0.29) is 23.1 Å². The second-order valence-corrected chi connectivity index (χ2v) is 14.1. The topological polar surface area (TPSA) is 90.4 Å². The molecule has 3 aliphatic heterocycles. The van der Waals surface area contributed by atoms with Crippen LogP contribution >= 0.6 is 11.3 Å². The van der Waals surface area contributed by atoms with Gasteiger partial charge in [-0.1, -0.05) is 39.0 Å². The maximum Gasteiger partial charge on any atom is 0.490 e. The van der Waals surface area contributed by atoms with Crippen LogP contribution in [0.4, 0.5) is 18.0 Å². The summed E-state index contributed by atoms with van der Waals surface area (Å²) in [6.07, 6.45) is 8.79. The Balaban J connectivity index is 0.000000566. The minimum Gasteiger partial charge on any atom is -0.475 e. The van der Waals surface area contributed by atoms with Gasteiger partial charge in [0.25, 0.3) is 5.91 Å². The van der Waals surface area contributed by atoms with Crippen molar-refractivity contribution < 1.29 is 37.4 Å². The molecule has 3 saturated heterocycles. The number of aliphatic carboxylic acids is 1. The second-order valence-electron chi connectivity index (χ2n) is 13.3. The molecule has 1 saturated carbocycles. The van der Waals surface area contributed by atoms with E-state index in [1.54, 1.807) is 11.3 Å². The average molecular weight is 644 g/mol. The van der Waals surface area contributed by atoms with Crippen molar-refractivity contribution in [3.05, 3.63) is 22.4 Å². The zero-order chi connectivity index (χ0) is 32.0. The Morgan fingerprint density at radius 2 is 1.70 bits per heavy atom. The van der Waals surface area contributed by atoms with Gasteiger partial charge < -0.3 is 19.6 Å². The van der Waals surface area contributed by atoms with Crippen molar-refractivity contribution in [1.82, 2.24) is 14.7 Å². The Morgan fingerprint density at radius 1 is 1.07 bits per heavy atom. The molecule has 8 nitrogen and oxygen atoms in total. The molecule has 1 aliphatic carbocycles. The van der Waals surface area contributed by atoms with Gasteiger partial charge in [-0.2, -0.15) is 24.5 Å². The van der Waals surface area contributed by atoms with Crippen LogP contribution in [-0.4, -0.2) is 94.4 Å². The van der Waals surface area contributed by atoms with Crippen molar-refractivity contribution in [2.45, 2.75) is 108 Å². The number of ether oxygens (including phenoxy) is 1. The molecule has 1 spiro atoms. The number of hydrogen-bond acceptors (Lipinski definition) is 6. The zero-order valence-electron chi connectivity index (χ0n) is 26.1. The van der Waals surface area contributed by atoms with Gasteiger partial charge in [-0.15, -0.1) is 0 Å². The van der Waals surface area contributed by atoms with Gasteiger partial charge in [0.05, 0.1) is 5.56 Å². The number of halogens is 3. The first-order valence-electron chi connectivity index (χ1n) is 16.2. The Morgan fingerprint density at radius 3 is 2.25 bits per heavy atom. The van der Waals surface area contributed by atoms with E-state index < -0.39 is 12.1 Å². The molecule has 2 amide bonds. The quantitative estimate of drug-likeness (QED) is 0.343. The largest absolute Gasteiger partial charge is 0.490 e. The van der Waals surface area contributed by atoms with Gasteiger partial charge in [0, 0.05) is 68.9 Å². The van der Waals surface area contributed by atoms with Crippen LogP contribution in [0.3, 0.4) is 0 Å². The highest BCUT2D eigenvalue weighted by molar-refractivity contribution is 7.08. The van der Waals surface area contributed by atoms with Gasteiger partial charge >= 0.3 is 18.2 Å². The number of piperidine rings is 2. The predicted molar refractivity (Wildman–Crippen MR) is 163 cm³/mol. The molecule has 4 fully saturated rings. The van der Waals surface area contributed by atoms with Crippen LogP contribution < -0.4 is 0 Å². The lowest BCUT2D eigenvalue weighted by molar-refractivity contribution is -0.192. The van der Waals surface area contributed by atoms with Gasteiger partial charge in [0.2, 0.25) is 0 Å². The van der Waals surface area contributed by atoms with E-state index in [1.165, 1.54) is 44.9 Å². The maximum atomic E-state index is 13.3. The molecule has 1 N–H and O–H groups in total. The third-order valence-corrected chi connectivity index (χ3v) is 11.0. The summed E-state index contributed by atoms with van der Waals surface area (Å²) in [6.45, 7) is 10.0. The summed E-state index contributed by atoms with van der Waals surface area (Å²) in [6, 6.07) is 1.93. The molecule has 4 aliphatic rings. The Labute approximate surface area is 262 Å². The highest BCUT2D eigenvalue weighted by atomic mass is 32.1. The first-order valence-corrected chi connectivity index (χ1v) is 17.2. The minimum absolute atomic E-state index is 0.0572. The van der Waals surface area contributed by atoms with E-state index in [1.807, 2.05) is 21.7 Å². The van der Waals surface area contributed by atoms with Gasteiger partial charge in [0.15, 0.2) is 0 Å². The molecule has 4 heterocycles. The normalized spacial score (nSPS) is 24.4. The summed E-state index contributed by atoms with van der Waals surface area (Å²) >= 11 is 1.58. The summed E-state index contributed by atoms with van der Waals surface area (Å²) in [4.78, 5) is 41.7. The Bertz CT molecular complexity index is 1090. The number of alkyl halides is 3. The monoisotopic (exact) mass is 643 g/mol.